The van der Waals surface area contributed by atoms with Crippen molar-refractivity contribution in [3.05, 3.63) is 0 Å². The van der Waals surface area contributed by atoms with E-state index < -0.39 is 0 Å². The summed E-state index contributed by atoms with van der Waals surface area (Å²) in [4.78, 5) is 10.5. The lowest BCUT2D eigenvalue weighted by Gasteiger charge is -2.05. The first-order valence-corrected chi connectivity index (χ1v) is 5.09. The molecule has 1 aliphatic carbocycles. The normalized spacial score (nSPS) is 20.1. The molecule has 0 radical (unpaired) electrons. The standard InChI is InChI=1S/C10H18N2O/c1-9(13)12-11-8-10-6-4-2-3-5-7-10/h8,10H,2-7H2,1H3,(H,12,13)/b11-8+. The van der Waals surface area contributed by atoms with Crippen molar-refractivity contribution in [3.8, 4) is 0 Å². The number of nitrogens with zero attached hydrogens (tertiary/aromatic N) is 1. The first-order valence-electron chi connectivity index (χ1n) is 5.09. The quantitative estimate of drug-likeness (QED) is 0.396. The molecule has 13 heavy (non-hydrogen) atoms. The summed E-state index contributed by atoms with van der Waals surface area (Å²) in [7, 11) is 0. The van der Waals surface area contributed by atoms with Crippen molar-refractivity contribution in [2.45, 2.75) is 45.4 Å². The topological polar surface area (TPSA) is 41.5 Å². The Labute approximate surface area is 79.6 Å². The summed E-state index contributed by atoms with van der Waals surface area (Å²) in [5.74, 6) is 0.485. The van der Waals surface area contributed by atoms with Crippen molar-refractivity contribution in [2.75, 3.05) is 0 Å². The van der Waals surface area contributed by atoms with Crippen LogP contribution in [0.4, 0.5) is 0 Å². The molecule has 1 fully saturated rings. The van der Waals surface area contributed by atoms with E-state index >= 15 is 0 Å². The molecule has 1 aliphatic rings. The number of carbonyl (C=O) groups is 1. The van der Waals surface area contributed by atoms with Gasteiger partial charge in [-0.15, -0.1) is 0 Å². The summed E-state index contributed by atoms with van der Waals surface area (Å²) < 4.78 is 0. The van der Waals surface area contributed by atoms with Gasteiger partial charge in [-0.05, 0) is 18.8 Å². The number of hydrogen-bond donors (Lipinski definition) is 1. The van der Waals surface area contributed by atoms with E-state index in [-0.39, 0.29) is 5.91 Å². The highest BCUT2D eigenvalue weighted by molar-refractivity contribution is 5.74. The fourth-order valence-electron chi connectivity index (χ4n) is 1.69. The second-order valence-corrected chi connectivity index (χ2v) is 3.70. The van der Waals surface area contributed by atoms with Crippen molar-refractivity contribution in [3.63, 3.8) is 0 Å². The minimum absolute atomic E-state index is 0.0927. The number of rotatable bonds is 2. The molecule has 0 aromatic heterocycles. The highest BCUT2D eigenvalue weighted by Crippen LogP contribution is 2.20. The molecule has 3 heteroatoms. The molecular weight excluding hydrogens is 164 g/mol. The van der Waals surface area contributed by atoms with Gasteiger partial charge in [-0.25, -0.2) is 5.43 Å². The van der Waals surface area contributed by atoms with E-state index in [9.17, 15) is 4.79 Å². The molecule has 0 unspecified atom stereocenters. The first-order chi connectivity index (χ1) is 6.29. The van der Waals surface area contributed by atoms with Crippen LogP contribution in [0, 0.1) is 5.92 Å². The minimum Gasteiger partial charge on any atom is -0.274 e. The van der Waals surface area contributed by atoms with Gasteiger partial charge in [-0.2, -0.15) is 5.10 Å². The lowest BCUT2D eigenvalue weighted by atomic mass is 10.0. The Morgan fingerprint density at radius 3 is 2.46 bits per heavy atom. The Morgan fingerprint density at radius 1 is 1.31 bits per heavy atom. The van der Waals surface area contributed by atoms with E-state index in [1.165, 1.54) is 45.4 Å². The zero-order chi connectivity index (χ0) is 9.52. The summed E-state index contributed by atoms with van der Waals surface area (Å²) in [6.07, 6.45) is 9.65. The summed E-state index contributed by atoms with van der Waals surface area (Å²) in [6.45, 7) is 1.48. The largest absolute Gasteiger partial charge is 0.274 e. The molecule has 0 bridgehead atoms. The van der Waals surface area contributed by atoms with E-state index in [0.717, 1.165) is 0 Å². The van der Waals surface area contributed by atoms with E-state index in [0.29, 0.717) is 5.92 Å². The third-order valence-electron chi connectivity index (χ3n) is 2.41. The number of nitrogens with one attached hydrogen (secondary N) is 1. The van der Waals surface area contributed by atoms with Gasteiger partial charge in [0, 0.05) is 13.1 Å². The Hall–Kier alpha value is -0.860. The predicted molar refractivity (Wildman–Crippen MR) is 53.5 cm³/mol. The lowest BCUT2D eigenvalue weighted by molar-refractivity contribution is -0.118. The molecule has 1 N–H and O–H groups in total. The van der Waals surface area contributed by atoms with Crippen LogP contribution in [0.3, 0.4) is 0 Å². The van der Waals surface area contributed by atoms with Gasteiger partial charge in [0.15, 0.2) is 0 Å². The monoisotopic (exact) mass is 182 g/mol. The van der Waals surface area contributed by atoms with Crippen LogP contribution in [0.15, 0.2) is 5.10 Å². The van der Waals surface area contributed by atoms with Gasteiger partial charge in [-0.3, -0.25) is 4.79 Å². The number of hydrazone groups is 1. The highest BCUT2D eigenvalue weighted by atomic mass is 16.2. The Bertz CT molecular complexity index is 181. The van der Waals surface area contributed by atoms with Gasteiger partial charge in [0.05, 0.1) is 0 Å². The van der Waals surface area contributed by atoms with Crippen LogP contribution >= 0.6 is 0 Å². The van der Waals surface area contributed by atoms with Crippen LogP contribution < -0.4 is 5.43 Å². The summed E-state index contributed by atoms with van der Waals surface area (Å²) >= 11 is 0. The smallest absolute Gasteiger partial charge is 0.236 e. The van der Waals surface area contributed by atoms with Crippen molar-refractivity contribution < 1.29 is 4.79 Å². The molecule has 1 amide bonds. The number of hydrogen-bond acceptors (Lipinski definition) is 2. The second-order valence-electron chi connectivity index (χ2n) is 3.70. The Kier molecular flexibility index (Phi) is 4.50. The average molecular weight is 182 g/mol. The van der Waals surface area contributed by atoms with Crippen LogP contribution in [0.25, 0.3) is 0 Å². The Morgan fingerprint density at radius 2 is 1.92 bits per heavy atom. The van der Waals surface area contributed by atoms with Gasteiger partial charge in [0.25, 0.3) is 0 Å². The molecule has 0 spiro atoms. The Balaban J connectivity index is 2.25. The van der Waals surface area contributed by atoms with Gasteiger partial charge < -0.3 is 0 Å². The SMILES string of the molecule is CC(=O)N/N=C/C1CCCCCC1. The highest BCUT2D eigenvalue weighted by Gasteiger charge is 2.09. The third kappa shape index (κ3) is 4.65. The van der Waals surface area contributed by atoms with Gasteiger partial charge in [-0.1, -0.05) is 25.7 Å². The van der Waals surface area contributed by atoms with E-state index in [2.05, 4.69) is 10.5 Å². The van der Waals surface area contributed by atoms with Gasteiger partial charge in [0.2, 0.25) is 5.91 Å². The maximum Gasteiger partial charge on any atom is 0.236 e. The van der Waals surface area contributed by atoms with Crippen LogP contribution in [-0.2, 0) is 4.79 Å². The fraction of sp³-hybridized carbons (Fsp3) is 0.800. The van der Waals surface area contributed by atoms with Crippen molar-refractivity contribution in [2.24, 2.45) is 11.0 Å². The van der Waals surface area contributed by atoms with Gasteiger partial charge >= 0.3 is 0 Å². The van der Waals surface area contributed by atoms with E-state index in [1.807, 2.05) is 6.21 Å². The maximum atomic E-state index is 10.5. The van der Waals surface area contributed by atoms with Crippen LogP contribution in [0.1, 0.15) is 45.4 Å². The van der Waals surface area contributed by atoms with Crippen LogP contribution in [0.5, 0.6) is 0 Å². The zero-order valence-electron chi connectivity index (χ0n) is 8.25. The maximum absolute atomic E-state index is 10.5. The summed E-state index contributed by atoms with van der Waals surface area (Å²) in [5, 5.41) is 3.91. The molecule has 3 nitrogen and oxygen atoms in total. The molecule has 1 rings (SSSR count). The lowest BCUT2D eigenvalue weighted by Crippen LogP contribution is -2.14. The summed E-state index contributed by atoms with van der Waals surface area (Å²) in [5.41, 5.74) is 2.44. The molecule has 0 aliphatic heterocycles. The molecular formula is C10H18N2O. The first kappa shape index (κ1) is 10.2. The van der Waals surface area contributed by atoms with E-state index in [1.54, 1.807) is 0 Å². The van der Waals surface area contributed by atoms with Crippen molar-refractivity contribution >= 4 is 12.1 Å². The van der Waals surface area contributed by atoms with Crippen molar-refractivity contribution in [1.82, 2.24) is 5.43 Å². The third-order valence-corrected chi connectivity index (χ3v) is 2.41. The molecule has 0 aromatic carbocycles. The van der Waals surface area contributed by atoms with Gasteiger partial charge in [0.1, 0.15) is 0 Å². The predicted octanol–water partition coefficient (Wildman–Crippen LogP) is 2.08. The zero-order valence-corrected chi connectivity index (χ0v) is 8.25. The molecule has 0 heterocycles. The van der Waals surface area contributed by atoms with Crippen LogP contribution in [0.2, 0.25) is 0 Å². The number of amides is 1. The average Bonchev–Trinajstić information content (AvgIpc) is 2.32. The molecule has 0 atom stereocenters. The fourth-order valence-corrected chi connectivity index (χ4v) is 1.69. The molecule has 1 saturated carbocycles. The van der Waals surface area contributed by atoms with E-state index in [4.69, 9.17) is 0 Å². The minimum atomic E-state index is -0.0927. The molecule has 0 aromatic rings. The second kappa shape index (κ2) is 5.73. The number of carbonyl (C=O) groups excluding carboxylic acids is 1. The van der Waals surface area contributed by atoms with Crippen molar-refractivity contribution in [1.29, 1.82) is 0 Å². The molecule has 74 valence electrons. The molecule has 0 saturated heterocycles. The summed E-state index contributed by atoms with van der Waals surface area (Å²) in [6, 6.07) is 0. The van der Waals surface area contributed by atoms with Crippen LogP contribution in [-0.4, -0.2) is 12.1 Å².